The summed E-state index contributed by atoms with van der Waals surface area (Å²) in [6.45, 7) is 0. The molecule has 0 aromatic carbocycles. The molecule has 68 valence electrons. The van der Waals surface area contributed by atoms with Gasteiger partial charge in [0.25, 0.3) is 6.20 Å². The van der Waals surface area contributed by atoms with E-state index in [2.05, 4.69) is 10.4 Å². The molecule has 1 N–H and O–H groups in total. The summed E-state index contributed by atoms with van der Waals surface area (Å²) in [5.41, 5.74) is -0.0663. The molecule has 0 atom stereocenters. The predicted molar refractivity (Wildman–Crippen MR) is 41.8 cm³/mol. The molecule has 0 bridgehead atoms. The Kier molecular flexibility index (Phi) is 2.33. The van der Waals surface area contributed by atoms with E-state index in [1.54, 1.807) is 0 Å². The van der Waals surface area contributed by atoms with Gasteiger partial charge >= 0.3 is 0 Å². The zero-order valence-electron chi connectivity index (χ0n) is 6.21. The molecule has 8 heteroatoms. The number of nitrogens with zero attached hydrogens (tertiary/aromatic N) is 3. The van der Waals surface area contributed by atoms with E-state index in [1.165, 1.54) is 12.3 Å². The lowest BCUT2D eigenvalue weighted by Crippen LogP contribution is -2.09. The highest BCUT2D eigenvalue weighted by Crippen LogP contribution is 2.03. The van der Waals surface area contributed by atoms with Crippen molar-refractivity contribution in [3.8, 4) is 0 Å². The summed E-state index contributed by atoms with van der Waals surface area (Å²) in [5, 5.41) is 24.4. The normalized spacial score (nSPS) is 20.6. The van der Waals surface area contributed by atoms with Crippen LogP contribution in [-0.2, 0) is 0 Å². The van der Waals surface area contributed by atoms with Crippen LogP contribution in [0.1, 0.15) is 0 Å². The lowest BCUT2D eigenvalue weighted by molar-refractivity contribution is -0.484. The topological polar surface area (TPSA) is 111 Å². The third-order valence-electron chi connectivity index (χ3n) is 1.18. The van der Waals surface area contributed by atoms with Crippen LogP contribution in [0.5, 0.6) is 0 Å². The average Bonchev–Trinajstić information content (AvgIpc) is 2.34. The van der Waals surface area contributed by atoms with E-state index in [0.717, 1.165) is 0 Å². The Morgan fingerprint density at radius 1 is 1.46 bits per heavy atom. The van der Waals surface area contributed by atoms with Gasteiger partial charge in [0.2, 0.25) is 0 Å². The quantitative estimate of drug-likeness (QED) is 0.474. The zero-order chi connectivity index (χ0) is 9.84. The van der Waals surface area contributed by atoms with Crippen LogP contribution in [0.2, 0.25) is 0 Å². The molecule has 0 spiro atoms. The third kappa shape index (κ3) is 2.36. The van der Waals surface area contributed by atoms with E-state index in [4.69, 9.17) is 0 Å². The summed E-state index contributed by atoms with van der Waals surface area (Å²) in [5.74, 6) is 0. The number of nitro groups is 2. The number of hydrogen-bond donors (Lipinski definition) is 1. The molecular weight excluding hydrogens is 180 g/mol. The first-order valence-corrected chi connectivity index (χ1v) is 3.11. The van der Waals surface area contributed by atoms with Crippen molar-refractivity contribution < 1.29 is 9.96 Å². The Hall–Kier alpha value is -2.25. The van der Waals surface area contributed by atoms with Gasteiger partial charge in [0.1, 0.15) is 5.70 Å². The fourth-order valence-electron chi connectivity index (χ4n) is 0.758. The van der Waals surface area contributed by atoms with Gasteiger partial charge in [-0.2, -0.15) is 0 Å². The molecule has 1 heterocycles. The molecule has 8 nitrogen and oxygen atoms in total. The summed E-state index contributed by atoms with van der Waals surface area (Å²) < 4.78 is 0. The molecule has 0 aliphatic carbocycles. The van der Waals surface area contributed by atoms with Crippen LogP contribution in [-0.4, -0.2) is 15.7 Å². The minimum atomic E-state index is -0.916. The first-order valence-electron chi connectivity index (χ1n) is 3.11. The van der Waals surface area contributed by atoms with E-state index >= 15 is 0 Å². The number of hydrogen-bond acceptors (Lipinski definition) is 5. The van der Waals surface area contributed by atoms with Crippen molar-refractivity contribution in [3.05, 3.63) is 44.4 Å². The molecule has 0 aromatic rings. The Morgan fingerprint density at radius 3 is 2.69 bits per heavy atom. The van der Waals surface area contributed by atoms with Gasteiger partial charge in [0, 0.05) is 6.20 Å². The summed E-state index contributed by atoms with van der Waals surface area (Å²) in [4.78, 5) is 19.3. The number of hydrazone groups is 1. The SMILES string of the molecule is O=[N+]([O-])C=C1NC=CC1=N[N+](=O)[O-]. The maximum absolute atomic E-state index is 10.0. The van der Waals surface area contributed by atoms with Gasteiger partial charge in [-0.3, -0.25) is 10.1 Å². The molecule has 0 saturated carbocycles. The molecule has 13 heavy (non-hydrogen) atoms. The molecule has 1 rings (SSSR count). The number of allylic oxidation sites excluding steroid dienone is 1. The first kappa shape index (κ1) is 8.84. The Morgan fingerprint density at radius 2 is 2.15 bits per heavy atom. The fourth-order valence-corrected chi connectivity index (χ4v) is 0.758. The van der Waals surface area contributed by atoms with Crippen molar-refractivity contribution in [3.63, 3.8) is 0 Å². The molecule has 0 saturated heterocycles. The minimum Gasteiger partial charge on any atom is -0.355 e. The van der Waals surface area contributed by atoms with E-state index in [9.17, 15) is 20.2 Å². The van der Waals surface area contributed by atoms with Crippen molar-refractivity contribution in [2.75, 3.05) is 0 Å². The second-order valence-corrected chi connectivity index (χ2v) is 2.03. The zero-order valence-corrected chi connectivity index (χ0v) is 6.21. The highest BCUT2D eigenvalue weighted by atomic mass is 16.7. The van der Waals surface area contributed by atoms with Crippen molar-refractivity contribution in [2.24, 2.45) is 5.10 Å². The van der Waals surface area contributed by atoms with Gasteiger partial charge in [0.05, 0.1) is 10.0 Å². The maximum Gasteiger partial charge on any atom is 0.260 e. The van der Waals surface area contributed by atoms with Gasteiger partial charge in [-0.15, -0.1) is 0 Å². The largest absolute Gasteiger partial charge is 0.355 e. The summed E-state index contributed by atoms with van der Waals surface area (Å²) in [6, 6.07) is 0. The minimum absolute atomic E-state index is 0.00157. The molecular formula is C5H4N4O4. The Labute approximate surface area is 71.5 Å². The third-order valence-corrected chi connectivity index (χ3v) is 1.18. The van der Waals surface area contributed by atoms with E-state index < -0.39 is 9.96 Å². The second kappa shape index (κ2) is 3.43. The van der Waals surface area contributed by atoms with Crippen LogP contribution in [0.3, 0.4) is 0 Å². The van der Waals surface area contributed by atoms with Gasteiger partial charge in [-0.1, -0.05) is 0 Å². The van der Waals surface area contributed by atoms with Gasteiger partial charge < -0.3 is 5.32 Å². The molecule has 1 aliphatic rings. The van der Waals surface area contributed by atoms with Crippen LogP contribution < -0.4 is 5.32 Å². The molecule has 0 aromatic heterocycles. The van der Waals surface area contributed by atoms with Gasteiger partial charge in [-0.05, 0) is 6.08 Å². The van der Waals surface area contributed by atoms with Crippen molar-refractivity contribution >= 4 is 5.71 Å². The first-order chi connectivity index (χ1) is 6.09. The maximum atomic E-state index is 10.0. The standard InChI is InChI=1S/C5H4N4O4/c10-8(11)3-5-4(1-2-6-5)7-9(12)13/h1-3,6H. The lowest BCUT2D eigenvalue weighted by atomic mass is 10.3. The Bertz CT molecular complexity index is 342. The highest BCUT2D eigenvalue weighted by Gasteiger charge is 2.16. The van der Waals surface area contributed by atoms with Gasteiger partial charge in [0.15, 0.2) is 10.7 Å². The van der Waals surface area contributed by atoms with Crippen LogP contribution in [0.4, 0.5) is 0 Å². The van der Waals surface area contributed by atoms with E-state index in [1.807, 2.05) is 0 Å². The Balaban J connectivity index is 2.92. The van der Waals surface area contributed by atoms with E-state index in [-0.39, 0.29) is 11.4 Å². The van der Waals surface area contributed by atoms with Crippen LogP contribution in [0, 0.1) is 20.2 Å². The van der Waals surface area contributed by atoms with Crippen LogP contribution in [0.25, 0.3) is 0 Å². The summed E-state index contributed by atoms with van der Waals surface area (Å²) in [6.07, 6.45) is 3.22. The predicted octanol–water partition coefficient (Wildman–Crippen LogP) is -0.146. The fraction of sp³-hybridized carbons (Fsp3) is 0. The van der Waals surface area contributed by atoms with Crippen LogP contribution in [0.15, 0.2) is 29.3 Å². The molecule has 1 aliphatic heterocycles. The van der Waals surface area contributed by atoms with Crippen molar-refractivity contribution in [1.29, 1.82) is 0 Å². The molecule has 0 radical (unpaired) electrons. The highest BCUT2D eigenvalue weighted by molar-refractivity contribution is 6.09. The van der Waals surface area contributed by atoms with E-state index in [0.29, 0.717) is 6.20 Å². The van der Waals surface area contributed by atoms with Crippen LogP contribution >= 0.6 is 0 Å². The molecule has 0 amide bonds. The van der Waals surface area contributed by atoms with Gasteiger partial charge in [-0.25, -0.2) is 10.1 Å². The number of rotatable bonds is 2. The molecule has 0 fully saturated rings. The van der Waals surface area contributed by atoms with Crippen molar-refractivity contribution in [1.82, 2.24) is 5.32 Å². The summed E-state index contributed by atoms with van der Waals surface area (Å²) in [7, 11) is 0. The number of nitrogens with one attached hydrogen (secondary N) is 1. The lowest BCUT2D eigenvalue weighted by Gasteiger charge is -1.91. The second-order valence-electron chi connectivity index (χ2n) is 2.03. The molecule has 0 unspecified atom stereocenters. The monoisotopic (exact) mass is 184 g/mol. The smallest absolute Gasteiger partial charge is 0.260 e. The summed E-state index contributed by atoms with van der Waals surface area (Å²) >= 11 is 0. The average molecular weight is 184 g/mol. The van der Waals surface area contributed by atoms with Crippen molar-refractivity contribution in [2.45, 2.75) is 0 Å².